The first-order chi connectivity index (χ1) is 8.99. The maximum atomic E-state index is 12.4. The molecule has 4 heteroatoms. The summed E-state index contributed by atoms with van der Waals surface area (Å²) in [6, 6.07) is 4.17. The van der Waals surface area contributed by atoms with Crippen LogP contribution in [0, 0.1) is 20.8 Å². The Bertz CT molecular complexity index is 423. The van der Waals surface area contributed by atoms with Crippen molar-refractivity contribution in [2.24, 2.45) is 0 Å². The molecule has 0 aromatic heterocycles. The number of ether oxygens (including phenoxy) is 1. The largest absolute Gasteiger partial charge is 0.385 e. The van der Waals surface area contributed by atoms with Crippen LogP contribution in [0.3, 0.4) is 0 Å². The molecule has 1 N–H and O–H groups in total. The van der Waals surface area contributed by atoms with Crippen LogP contribution in [0.15, 0.2) is 12.1 Å². The van der Waals surface area contributed by atoms with Crippen LogP contribution in [-0.4, -0.2) is 31.0 Å². The molecule has 1 rings (SSSR count). The van der Waals surface area contributed by atoms with Gasteiger partial charge in [0.15, 0.2) is 0 Å². The fourth-order valence-electron chi connectivity index (χ4n) is 2.24. The number of carbonyl (C=O) groups is 1. The Morgan fingerprint density at radius 1 is 1.32 bits per heavy atom. The zero-order chi connectivity index (χ0) is 14.4. The predicted molar refractivity (Wildman–Crippen MR) is 82.2 cm³/mol. The number of aryl methyl sites for hydroxylation is 3. The Labute approximate surface area is 123 Å². The van der Waals surface area contributed by atoms with Gasteiger partial charge in [0.05, 0.1) is 0 Å². The molecule has 0 bridgehead atoms. The lowest BCUT2D eigenvalue weighted by atomic mass is 9.99. The van der Waals surface area contributed by atoms with Crippen LogP contribution in [0.2, 0.25) is 0 Å². The van der Waals surface area contributed by atoms with Crippen molar-refractivity contribution in [3.63, 3.8) is 0 Å². The molecule has 0 aliphatic carbocycles. The van der Waals surface area contributed by atoms with Gasteiger partial charge in [0.25, 0.3) is 5.91 Å². The third kappa shape index (κ3) is 4.62. The molecule has 1 unspecified atom stereocenters. The average Bonchev–Trinajstić information content (AvgIpc) is 2.33. The van der Waals surface area contributed by atoms with Crippen LogP contribution in [0.5, 0.6) is 0 Å². The van der Waals surface area contributed by atoms with E-state index >= 15 is 0 Å². The van der Waals surface area contributed by atoms with Gasteiger partial charge in [-0.2, -0.15) is 0 Å². The minimum absolute atomic E-state index is 0.00412. The number of methoxy groups -OCH3 is 1. The summed E-state index contributed by atoms with van der Waals surface area (Å²) in [5, 5.41) is 3.78. The summed E-state index contributed by atoms with van der Waals surface area (Å²) in [4.78, 5) is 12.4. The van der Waals surface area contributed by atoms with Crippen molar-refractivity contribution < 1.29 is 9.53 Å². The number of alkyl halides is 1. The molecule has 19 heavy (non-hydrogen) atoms. The van der Waals surface area contributed by atoms with Crippen LogP contribution in [0.1, 0.15) is 33.5 Å². The number of halogens is 1. The first kappa shape index (κ1) is 16.2. The molecule has 106 valence electrons. The lowest BCUT2D eigenvalue weighted by molar-refractivity contribution is 0.0929. The van der Waals surface area contributed by atoms with Crippen molar-refractivity contribution in [1.29, 1.82) is 0 Å². The molecule has 0 aliphatic heterocycles. The van der Waals surface area contributed by atoms with Crippen molar-refractivity contribution in [1.82, 2.24) is 5.32 Å². The van der Waals surface area contributed by atoms with E-state index in [0.717, 1.165) is 28.4 Å². The highest BCUT2D eigenvalue weighted by Gasteiger charge is 2.16. The lowest BCUT2D eigenvalue weighted by Gasteiger charge is -2.18. The second-order valence-corrected chi connectivity index (χ2v) is 5.53. The summed E-state index contributed by atoms with van der Waals surface area (Å²) in [7, 11) is 1.67. The lowest BCUT2D eigenvalue weighted by Crippen LogP contribution is -2.37. The zero-order valence-corrected chi connectivity index (χ0v) is 13.6. The summed E-state index contributed by atoms with van der Waals surface area (Å²) in [5.41, 5.74) is 4.02. The normalized spacial score (nSPS) is 12.3. The van der Waals surface area contributed by atoms with Gasteiger partial charge in [-0.05, 0) is 38.3 Å². The minimum atomic E-state index is -0.00412. The van der Waals surface area contributed by atoms with Crippen molar-refractivity contribution in [2.45, 2.75) is 33.2 Å². The SMILES string of the molecule is COCCC(CBr)NC(=O)c1c(C)cc(C)cc1C. The van der Waals surface area contributed by atoms with E-state index in [1.807, 2.05) is 32.9 Å². The third-order valence-corrected chi connectivity index (χ3v) is 3.88. The van der Waals surface area contributed by atoms with E-state index in [1.165, 1.54) is 5.56 Å². The van der Waals surface area contributed by atoms with Crippen molar-refractivity contribution in [3.8, 4) is 0 Å². The number of amides is 1. The molecule has 1 aromatic rings. The molecule has 0 saturated carbocycles. The molecule has 1 aromatic carbocycles. The van der Waals surface area contributed by atoms with Gasteiger partial charge >= 0.3 is 0 Å². The second kappa shape index (κ2) is 7.65. The van der Waals surface area contributed by atoms with E-state index in [9.17, 15) is 4.79 Å². The molecule has 0 spiro atoms. The molecule has 0 aliphatic rings. The number of rotatable bonds is 6. The number of benzene rings is 1. The quantitative estimate of drug-likeness (QED) is 0.815. The Hall–Kier alpha value is -0.870. The first-order valence-electron chi connectivity index (χ1n) is 6.43. The molecule has 3 nitrogen and oxygen atoms in total. The maximum Gasteiger partial charge on any atom is 0.252 e. The summed E-state index contributed by atoms with van der Waals surface area (Å²) < 4.78 is 5.05. The average molecular weight is 328 g/mol. The zero-order valence-electron chi connectivity index (χ0n) is 12.0. The summed E-state index contributed by atoms with van der Waals surface area (Å²) in [5.74, 6) is -0.00412. The van der Waals surface area contributed by atoms with Gasteiger partial charge < -0.3 is 10.1 Å². The van der Waals surface area contributed by atoms with Crippen LogP contribution >= 0.6 is 15.9 Å². The second-order valence-electron chi connectivity index (χ2n) is 4.88. The Morgan fingerprint density at radius 2 is 1.89 bits per heavy atom. The van der Waals surface area contributed by atoms with Gasteiger partial charge in [0.1, 0.15) is 0 Å². The highest BCUT2D eigenvalue weighted by Crippen LogP contribution is 2.16. The Morgan fingerprint density at radius 3 is 2.37 bits per heavy atom. The summed E-state index contributed by atoms with van der Waals surface area (Å²) in [6.45, 7) is 6.64. The molecule has 0 saturated heterocycles. The molecule has 0 fully saturated rings. The molecule has 1 amide bonds. The van der Waals surface area contributed by atoms with Crippen molar-refractivity contribution in [3.05, 3.63) is 34.4 Å². The molecule has 0 heterocycles. The van der Waals surface area contributed by atoms with Gasteiger partial charge in [0, 0.05) is 30.7 Å². The first-order valence-corrected chi connectivity index (χ1v) is 7.55. The number of nitrogens with one attached hydrogen (secondary N) is 1. The Balaban J connectivity index is 2.83. The van der Waals surface area contributed by atoms with E-state index in [0.29, 0.717) is 6.61 Å². The van der Waals surface area contributed by atoms with Crippen LogP contribution < -0.4 is 5.32 Å². The van der Waals surface area contributed by atoms with E-state index < -0.39 is 0 Å². The monoisotopic (exact) mass is 327 g/mol. The molecule has 0 radical (unpaired) electrons. The van der Waals surface area contributed by atoms with Gasteiger partial charge in [-0.25, -0.2) is 0 Å². The fraction of sp³-hybridized carbons (Fsp3) is 0.533. The highest BCUT2D eigenvalue weighted by atomic mass is 79.9. The van der Waals surface area contributed by atoms with Crippen LogP contribution in [0.25, 0.3) is 0 Å². The van der Waals surface area contributed by atoms with E-state index in [1.54, 1.807) is 7.11 Å². The van der Waals surface area contributed by atoms with E-state index in [4.69, 9.17) is 4.74 Å². The predicted octanol–water partition coefficient (Wildman–Crippen LogP) is 3.14. The van der Waals surface area contributed by atoms with Gasteiger partial charge in [-0.3, -0.25) is 4.79 Å². The Kier molecular flexibility index (Phi) is 6.52. The summed E-state index contributed by atoms with van der Waals surface area (Å²) in [6.07, 6.45) is 0.803. The fourth-order valence-corrected chi connectivity index (χ4v) is 2.73. The van der Waals surface area contributed by atoms with Gasteiger partial charge in [-0.1, -0.05) is 33.6 Å². The molecular weight excluding hydrogens is 306 g/mol. The van der Waals surface area contributed by atoms with Crippen LogP contribution in [0.4, 0.5) is 0 Å². The minimum Gasteiger partial charge on any atom is -0.385 e. The maximum absolute atomic E-state index is 12.4. The van der Waals surface area contributed by atoms with E-state index in [-0.39, 0.29) is 11.9 Å². The summed E-state index contributed by atoms with van der Waals surface area (Å²) >= 11 is 3.43. The number of hydrogen-bond donors (Lipinski definition) is 1. The highest BCUT2D eigenvalue weighted by molar-refractivity contribution is 9.09. The smallest absolute Gasteiger partial charge is 0.252 e. The third-order valence-electron chi connectivity index (χ3n) is 3.10. The van der Waals surface area contributed by atoms with Gasteiger partial charge in [0.2, 0.25) is 0 Å². The topological polar surface area (TPSA) is 38.3 Å². The number of hydrogen-bond acceptors (Lipinski definition) is 2. The van der Waals surface area contributed by atoms with Gasteiger partial charge in [-0.15, -0.1) is 0 Å². The standard InChI is InChI=1S/C15H22BrNO2/c1-10-7-11(2)14(12(3)8-10)15(18)17-13(9-16)5-6-19-4/h7-8,13H,5-6,9H2,1-4H3,(H,17,18). The molecular formula is C15H22BrNO2. The van der Waals surface area contributed by atoms with E-state index in [2.05, 4.69) is 21.2 Å². The van der Waals surface area contributed by atoms with Crippen molar-refractivity contribution >= 4 is 21.8 Å². The van der Waals surface area contributed by atoms with Crippen molar-refractivity contribution in [2.75, 3.05) is 19.0 Å². The molecule has 1 atom stereocenters. The number of carbonyl (C=O) groups excluding carboxylic acids is 1. The van der Waals surface area contributed by atoms with Crippen LogP contribution in [-0.2, 0) is 4.74 Å².